The average molecular weight is 337 g/mol. The number of anilines is 1. The van der Waals surface area contributed by atoms with E-state index >= 15 is 0 Å². The predicted molar refractivity (Wildman–Crippen MR) is 98.4 cm³/mol. The Balaban J connectivity index is 1.44. The number of rotatable bonds is 6. The Morgan fingerprint density at radius 2 is 1.84 bits per heavy atom. The second-order valence-electron chi connectivity index (χ2n) is 6.18. The van der Waals surface area contributed by atoms with Gasteiger partial charge in [0.15, 0.2) is 0 Å². The molecule has 2 amide bonds. The molecule has 0 unspecified atom stereocenters. The Bertz CT molecular complexity index is 756. The Labute approximate surface area is 147 Å². The molecule has 0 fully saturated rings. The largest absolute Gasteiger partial charge is 0.352 e. The van der Waals surface area contributed by atoms with Gasteiger partial charge in [-0.25, -0.2) is 0 Å². The molecule has 5 nitrogen and oxygen atoms in total. The molecule has 2 aromatic rings. The van der Waals surface area contributed by atoms with Crippen LogP contribution >= 0.6 is 0 Å². The van der Waals surface area contributed by atoms with Crippen LogP contribution in [-0.2, 0) is 17.8 Å². The van der Waals surface area contributed by atoms with Gasteiger partial charge in [-0.2, -0.15) is 0 Å². The molecule has 0 saturated heterocycles. The van der Waals surface area contributed by atoms with Crippen molar-refractivity contribution in [3.63, 3.8) is 0 Å². The van der Waals surface area contributed by atoms with Crippen LogP contribution in [0.5, 0.6) is 0 Å². The highest BCUT2D eigenvalue weighted by molar-refractivity contribution is 5.96. The Morgan fingerprint density at radius 3 is 2.60 bits per heavy atom. The maximum Gasteiger partial charge on any atom is 0.251 e. The molecular weight excluding hydrogens is 314 g/mol. The molecule has 0 bridgehead atoms. The molecule has 0 aromatic heterocycles. The lowest BCUT2D eigenvalue weighted by Gasteiger charge is -2.17. The highest BCUT2D eigenvalue weighted by atomic mass is 16.2. The number of hydrogen-bond donors (Lipinski definition) is 2. The van der Waals surface area contributed by atoms with Crippen molar-refractivity contribution >= 4 is 17.5 Å². The average Bonchev–Trinajstić information content (AvgIpc) is 3.09. The first-order valence-corrected chi connectivity index (χ1v) is 8.64. The molecule has 2 aromatic carbocycles. The zero-order valence-corrected chi connectivity index (χ0v) is 14.2. The number of amides is 2. The van der Waals surface area contributed by atoms with E-state index in [2.05, 4.69) is 11.4 Å². The van der Waals surface area contributed by atoms with Gasteiger partial charge in [0.05, 0.1) is 0 Å². The third-order valence-electron chi connectivity index (χ3n) is 4.49. The van der Waals surface area contributed by atoms with Crippen LogP contribution in [0.2, 0.25) is 0 Å². The summed E-state index contributed by atoms with van der Waals surface area (Å²) in [5.74, 6) is -0.00552. The van der Waals surface area contributed by atoms with Gasteiger partial charge in [0.25, 0.3) is 5.91 Å². The van der Waals surface area contributed by atoms with Gasteiger partial charge in [-0.3, -0.25) is 9.59 Å². The van der Waals surface area contributed by atoms with Crippen LogP contribution in [-0.4, -0.2) is 24.9 Å². The van der Waals surface area contributed by atoms with E-state index in [0.717, 1.165) is 24.2 Å². The van der Waals surface area contributed by atoms with Crippen molar-refractivity contribution in [3.05, 3.63) is 65.2 Å². The number of nitrogens with zero attached hydrogens (tertiary/aromatic N) is 1. The summed E-state index contributed by atoms with van der Waals surface area (Å²) in [5.41, 5.74) is 9.40. The van der Waals surface area contributed by atoms with Gasteiger partial charge in [0, 0.05) is 37.3 Å². The lowest BCUT2D eigenvalue weighted by molar-refractivity contribution is -0.118. The number of carbonyl (C=O) groups excluding carboxylic acids is 2. The third-order valence-corrected chi connectivity index (χ3v) is 4.49. The maximum atomic E-state index is 12.4. The number of benzene rings is 2. The summed E-state index contributed by atoms with van der Waals surface area (Å²) in [6, 6.07) is 15.3. The zero-order chi connectivity index (χ0) is 17.6. The number of para-hydroxylation sites is 1. The van der Waals surface area contributed by atoms with Gasteiger partial charge in [-0.1, -0.05) is 30.3 Å². The number of hydrogen-bond acceptors (Lipinski definition) is 3. The minimum atomic E-state index is -0.123. The highest BCUT2D eigenvalue weighted by Gasteiger charge is 2.23. The fraction of sp³-hybridized carbons (Fsp3) is 0.300. The first-order chi connectivity index (χ1) is 12.2. The Kier molecular flexibility index (Phi) is 5.46. The third kappa shape index (κ3) is 4.06. The molecule has 0 atom stereocenters. The van der Waals surface area contributed by atoms with Crippen molar-refractivity contribution in [3.8, 4) is 0 Å². The molecule has 5 heteroatoms. The predicted octanol–water partition coefficient (Wildman–Crippen LogP) is 2.24. The molecule has 0 saturated carbocycles. The number of fused-ring (bicyclic) bond motifs is 1. The molecule has 3 N–H and O–H groups in total. The summed E-state index contributed by atoms with van der Waals surface area (Å²) < 4.78 is 0. The SMILES string of the molecule is NCc1ccc(C(=O)NCCCC(=O)N2CCc3ccccc32)cc1. The summed E-state index contributed by atoms with van der Waals surface area (Å²) in [5, 5.41) is 2.86. The molecule has 0 radical (unpaired) electrons. The molecule has 0 aliphatic carbocycles. The zero-order valence-electron chi connectivity index (χ0n) is 14.2. The van der Waals surface area contributed by atoms with Crippen molar-refractivity contribution in [2.75, 3.05) is 18.0 Å². The van der Waals surface area contributed by atoms with Crippen molar-refractivity contribution in [2.45, 2.75) is 25.8 Å². The quantitative estimate of drug-likeness (QED) is 0.794. The monoisotopic (exact) mass is 337 g/mol. The lowest BCUT2D eigenvalue weighted by Crippen LogP contribution is -2.30. The van der Waals surface area contributed by atoms with Gasteiger partial charge < -0.3 is 16.0 Å². The van der Waals surface area contributed by atoms with E-state index in [0.29, 0.717) is 31.5 Å². The molecule has 130 valence electrons. The number of carbonyl (C=O) groups is 2. The standard InChI is InChI=1S/C20H23N3O2/c21-14-15-7-9-17(10-8-15)20(25)22-12-3-6-19(24)23-13-11-16-4-1-2-5-18(16)23/h1-2,4-5,7-10H,3,6,11-14,21H2,(H,22,25). The first-order valence-electron chi connectivity index (χ1n) is 8.64. The van der Waals surface area contributed by atoms with Crippen molar-refractivity contribution in [1.29, 1.82) is 0 Å². The van der Waals surface area contributed by atoms with E-state index in [-0.39, 0.29) is 11.8 Å². The van der Waals surface area contributed by atoms with E-state index < -0.39 is 0 Å². The van der Waals surface area contributed by atoms with Gasteiger partial charge in [-0.15, -0.1) is 0 Å². The lowest BCUT2D eigenvalue weighted by atomic mass is 10.1. The van der Waals surface area contributed by atoms with Crippen LogP contribution < -0.4 is 16.0 Å². The molecule has 25 heavy (non-hydrogen) atoms. The van der Waals surface area contributed by atoms with Gasteiger partial charge >= 0.3 is 0 Å². The van der Waals surface area contributed by atoms with E-state index in [1.807, 2.05) is 35.2 Å². The number of nitrogens with two attached hydrogens (primary N) is 1. The van der Waals surface area contributed by atoms with E-state index in [1.54, 1.807) is 12.1 Å². The van der Waals surface area contributed by atoms with Crippen LogP contribution in [0.25, 0.3) is 0 Å². The summed E-state index contributed by atoms with van der Waals surface area (Å²) in [7, 11) is 0. The summed E-state index contributed by atoms with van der Waals surface area (Å²) >= 11 is 0. The van der Waals surface area contributed by atoms with E-state index in [9.17, 15) is 9.59 Å². The second kappa shape index (κ2) is 7.94. The maximum absolute atomic E-state index is 12.4. The van der Waals surface area contributed by atoms with Crippen molar-refractivity contribution in [1.82, 2.24) is 5.32 Å². The molecule has 1 aliphatic heterocycles. The van der Waals surface area contributed by atoms with Crippen molar-refractivity contribution in [2.24, 2.45) is 5.73 Å². The first kappa shape index (κ1) is 17.2. The highest BCUT2D eigenvalue weighted by Crippen LogP contribution is 2.27. The molecule has 1 heterocycles. The fourth-order valence-corrected chi connectivity index (χ4v) is 3.07. The van der Waals surface area contributed by atoms with Crippen LogP contribution in [0.4, 0.5) is 5.69 Å². The van der Waals surface area contributed by atoms with Gasteiger partial charge in [0.1, 0.15) is 0 Å². The van der Waals surface area contributed by atoms with E-state index in [4.69, 9.17) is 5.73 Å². The van der Waals surface area contributed by atoms with Crippen molar-refractivity contribution < 1.29 is 9.59 Å². The molecule has 1 aliphatic rings. The number of nitrogens with one attached hydrogen (secondary N) is 1. The normalized spacial score (nSPS) is 12.8. The van der Waals surface area contributed by atoms with Crippen LogP contribution in [0.15, 0.2) is 48.5 Å². The Hall–Kier alpha value is -2.66. The van der Waals surface area contributed by atoms with E-state index in [1.165, 1.54) is 5.56 Å². The molecule has 3 rings (SSSR count). The molecule has 0 spiro atoms. The minimum Gasteiger partial charge on any atom is -0.352 e. The summed E-state index contributed by atoms with van der Waals surface area (Å²) in [6.07, 6.45) is 1.97. The Morgan fingerprint density at radius 1 is 1.08 bits per heavy atom. The van der Waals surface area contributed by atoms with Gasteiger partial charge in [-0.05, 0) is 42.2 Å². The minimum absolute atomic E-state index is 0.117. The summed E-state index contributed by atoms with van der Waals surface area (Å²) in [6.45, 7) is 1.69. The topological polar surface area (TPSA) is 75.4 Å². The second-order valence-corrected chi connectivity index (χ2v) is 6.18. The molecular formula is C20H23N3O2. The van der Waals surface area contributed by atoms with Gasteiger partial charge in [0.2, 0.25) is 5.91 Å². The van der Waals surface area contributed by atoms with Crippen LogP contribution in [0.3, 0.4) is 0 Å². The van der Waals surface area contributed by atoms with Crippen LogP contribution in [0.1, 0.15) is 34.3 Å². The smallest absolute Gasteiger partial charge is 0.251 e. The fourth-order valence-electron chi connectivity index (χ4n) is 3.07. The van der Waals surface area contributed by atoms with Crippen LogP contribution in [0, 0.1) is 0 Å². The summed E-state index contributed by atoms with van der Waals surface area (Å²) in [4.78, 5) is 26.3.